The smallest absolute Gasteiger partial charge is 0.327 e. The molecule has 1 aromatic carbocycles. The number of esters is 1. The first kappa shape index (κ1) is 14.9. The topological polar surface area (TPSA) is 38.3 Å². The van der Waals surface area contributed by atoms with E-state index in [1.54, 1.807) is 11.8 Å². The number of benzene rings is 1. The summed E-state index contributed by atoms with van der Waals surface area (Å²) >= 11 is 5.11. The van der Waals surface area contributed by atoms with E-state index in [4.69, 9.17) is 4.74 Å². The monoisotopic (exact) mass is 343 g/mol. The first-order valence-corrected chi connectivity index (χ1v) is 8.06. The van der Waals surface area contributed by atoms with E-state index < -0.39 is 5.54 Å². The molecule has 1 aromatic rings. The van der Waals surface area contributed by atoms with Crippen LogP contribution in [0.2, 0.25) is 0 Å². The Morgan fingerprint density at radius 1 is 1.47 bits per heavy atom. The first-order chi connectivity index (χ1) is 9.12. The summed E-state index contributed by atoms with van der Waals surface area (Å²) in [7, 11) is 3.30. The lowest BCUT2D eigenvalue weighted by molar-refractivity contribution is -0.148. The molecule has 5 heteroatoms. The zero-order chi connectivity index (χ0) is 13.9. The van der Waals surface area contributed by atoms with Crippen molar-refractivity contribution >= 4 is 33.7 Å². The average molecular weight is 344 g/mol. The summed E-state index contributed by atoms with van der Waals surface area (Å²) in [6.07, 6.45) is 2.19. The van der Waals surface area contributed by atoms with Crippen LogP contribution in [0.1, 0.15) is 12.8 Å². The Morgan fingerprint density at radius 2 is 2.11 bits per heavy atom. The van der Waals surface area contributed by atoms with Gasteiger partial charge in [-0.05, 0) is 50.1 Å². The van der Waals surface area contributed by atoms with Crippen molar-refractivity contribution in [2.75, 3.05) is 19.9 Å². The van der Waals surface area contributed by atoms with Gasteiger partial charge in [-0.1, -0.05) is 15.9 Å². The lowest BCUT2D eigenvalue weighted by atomic mass is 9.96. The van der Waals surface area contributed by atoms with Crippen molar-refractivity contribution in [1.82, 2.24) is 5.32 Å². The summed E-state index contributed by atoms with van der Waals surface area (Å²) in [5, 5.41) is 3.21. The molecule has 1 N–H and O–H groups in total. The molecule has 0 radical (unpaired) electrons. The quantitative estimate of drug-likeness (QED) is 0.636. The molecule has 104 valence electrons. The molecule has 1 atom stereocenters. The molecule has 0 aromatic heterocycles. The van der Waals surface area contributed by atoms with Crippen molar-refractivity contribution in [1.29, 1.82) is 0 Å². The van der Waals surface area contributed by atoms with Gasteiger partial charge in [-0.2, -0.15) is 0 Å². The number of halogens is 1. The molecule has 2 rings (SSSR count). The zero-order valence-corrected chi connectivity index (χ0v) is 13.5. The van der Waals surface area contributed by atoms with Crippen LogP contribution >= 0.6 is 27.7 Å². The Labute approximate surface area is 126 Å². The largest absolute Gasteiger partial charge is 0.468 e. The van der Waals surface area contributed by atoms with Crippen LogP contribution in [0.15, 0.2) is 33.6 Å². The van der Waals surface area contributed by atoms with Gasteiger partial charge in [-0.25, -0.2) is 0 Å². The predicted octanol–water partition coefficient (Wildman–Crippen LogP) is 3.08. The summed E-state index contributed by atoms with van der Waals surface area (Å²) in [5.74, 6) is 0.942. The fourth-order valence-electron chi connectivity index (χ4n) is 2.21. The fourth-order valence-corrected chi connectivity index (χ4v) is 3.69. The van der Waals surface area contributed by atoms with E-state index in [0.717, 1.165) is 22.2 Å². The number of thioether (sulfide) groups is 1. The molecule has 1 unspecified atom stereocenters. The third-order valence-corrected chi connectivity index (χ3v) is 5.28. The van der Waals surface area contributed by atoms with Gasteiger partial charge >= 0.3 is 5.97 Å². The van der Waals surface area contributed by atoms with Gasteiger partial charge in [0.25, 0.3) is 0 Å². The van der Waals surface area contributed by atoms with Crippen molar-refractivity contribution in [3.63, 3.8) is 0 Å². The van der Waals surface area contributed by atoms with Gasteiger partial charge in [0.2, 0.25) is 0 Å². The third kappa shape index (κ3) is 3.33. The van der Waals surface area contributed by atoms with E-state index in [1.165, 1.54) is 7.11 Å². The first-order valence-electron chi connectivity index (χ1n) is 6.28. The highest BCUT2D eigenvalue weighted by atomic mass is 79.9. The van der Waals surface area contributed by atoms with E-state index >= 15 is 0 Å². The number of ether oxygens (including phenoxy) is 1. The van der Waals surface area contributed by atoms with Crippen LogP contribution in [0.4, 0.5) is 0 Å². The Kier molecular flexibility index (Phi) is 4.92. The third-order valence-electron chi connectivity index (χ3n) is 3.55. The summed E-state index contributed by atoms with van der Waals surface area (Å²) in [6, 6.07) is 8.13. The van der Waals surface area contributed by atoms with Gasteiger partial charge < -0.3 is 10.1 Å². The highest BCUT2D eigenvalue weighted by molar-refractivity contribution is 9.10. The van der Waals surface area contributed by atoms with Crippen LogP contribution in [0.5, 0.6) is 0 Å². The van der Waals surface area contributed by atoms with E-state index in [-0.39, 0.29) is 5.97 Å². The van der Waals surface area contributed by atoms with Crippen LogP contribution < -0.4 is 5.32 Å². The van der Waals surface area contributed by atoms with Crippen molar-refractivity contribution in [3.05, 3.63) is 28.7 Å². The Morgan fingerprint density at radius 3 is 2.58 bits per heavy atom. The molecular weight excluding hydrogens is 326 g/mol. The number of carbonyl (C=O) groups is 1. The van der Waals surface area contributed by atoms with Gasteiger partial charge in [-0.3, -0.25) is 4.79 Å². The summed E-state index contributed by atoms with van der Waals surface area (Å²) < 4.78 is 6.06. The SMILES string of the molecule is CNC(CSc1ccc(Br)cc1)(C(=O)OC)C1CC1. The summed E-state index contributed by atoms with van der Waals surface area (Å²) in [5.41, 5.74) is -0.549. The second-order valence-electron chi connectivity index (χ2n) is 4.73. The van der Waals surface area contributed by atoms with Crippen molar-refractivity contribution < 1.29 is 9.53 Å². The number of methoxy groups -OCH3 is 1. The van der Waals surface area contributed by atoms with Crippen LogP contribution in [-0.2, 0) is 9.53 Å². The van der Waals surface area contributed by atoms with E-state index in [2.05, 4.69) is 33.4 Å². The van der Waals surface area contributed by atoms with Gasteiger partial charge in [-0.15, -0.1) is 11.8 Å². The minimum absolute atomic E-state index is 0.151. The van der Waals surface area contributed by atoms with Crippen molar-refractivity contribution in [2.24, 2.45) is 5.92 Å². The molecular formula is C14H18BrNO2S. The number of carbonyl (C=O) groups excluding carboxylic acids is 1. The standard InChI is InChI=1S/C14H18BrNO2S/c1-16-14(10-3-4-10,13(17)18-2)9-19-12-7-5-11(15)6-8-12/h5-8,10,16H,3-4,9H2,1-2H3. The maximum absolute atomic E-state index is 12.1. The number of hydrogen-bond donors (Lipinski definition) is 1. The summed E-state index contributed by atoms with van der Waals surface area (Å²) in [6.45, 7) is 0. The van der Waals surface area contributed by atoms with E-state index in [9.17, 15) is 4.79 Å². The zero-order valence-electron chi connectivity index (χ0n) is 11.1. The minimum atomic E-state index is -0.549. The molecule has 0 bridgehead atoms. The maximum Gasteiger partial charge on any atom is 0.327 e. The highest BCUT2D eigenvalue weighted by Gasteiger charge is 2.50. The van der Waals surface area contributed by atoms with Crippen molar-refractivity contribution in [2.45, 2.75) is 23.3 Å². The number of rotatable bonds is 6. The number of nitrogens with one attached hydrogen (secondary N) is 1. The highest BCUT2D eigenvalue weighted by Crippen LogP contribution is 2.43. The number of likely N-dealkylation sites (N-methyl/N-ethyl adjacent to an activating group) is 1. The lowest BCUT2D eigenvalue weighted by Crippen LogP contribution is -2.55. The molecule has 3 nitrogen and oxygen atoms in total. The lowest BCUT2D eigenvalue weighted by Gasteiger charge is -2.30. The minimum Gasteiger partial charge on any atom is -0.468 e. The van der Waals surface area contributed by atoms with Crippen LogP contribution in [0.25, 0.3) is 0 Å². The van der Waals surface area contributed by atoms with Gasteiger partial charge in [0.1, 0.15) is 5.54 Å². The second kappa shape index (κ2) is 6.29. The van der Waals surface area contributed by atoms with Gasteiger partial charge in [0.15, 0.2) is 0 Å². The fraction of sp³-hybridized carbons (Fsp3) is 0.500. The number of hydrogen-bond acceptors (Lipinski definition) is 4. The molecule has 1 aliphatic carbocycles. The molecule has 19 heavy (non-hydrogen) atoms. The summed E-state index contributed by atoms with van der Waals surface area (Å²) in [4.78, 5) is 13.3. The molecule has 0 spiro atoms. The molecule has 0 amide bonds. The molecule has 1 aliphatic rings. The predicted molar refractivity (Wildman–Crippen MR) is 81.4 cm³/mol. The van der Waals surface area contributed by atoms with Gasteiger partial charge in [0.05, 0.1) is 7.11 Å². The molecule has 1 saturated carbocycles. The second-order valence-corrected chi connectivity index (χ2v) is 6.69. The molecule has 0 saturated heterocycles. The Hall–Kier alpha value is -0.520. The molecule has 0 aliphatic heterocycles. The maximum atomic E-state index is 12.1. The molecule has 0 heterocycles. The normalized spacial score (nSPS) is 17.8. The Bertz CT molecular complexity index is 447. The van der Waals surface area contributed by atoms with Crippen LogP contribution in [0, 0.1) is 5.92 Å². The average Bonchev–Trinajstić information content (AvgIpc) is 3.26. The van der Waals surface area contributed by atoms with E-state index in [1.807, 2.05) is 19.2 Å². The van der Waals surface area contributed by atoms with E-state index in [0.29, 0.717) is 11.7 Å². The molecule has 1 fully saturated rings. The van der Waals surface area contributed by atoms with Crippen LogP contribution in [-0.4, -0.2) is 31.4 Å². The van der Waals surface area contributed by atoms with Crippen molar-refractivity contribution in [3.8, 4) is 0 Å². The van der Waals surface area contributed by atoms with Crippen LogP contribution in [0.3, 0.4) is 0 Å². The van der Waals surface area contributed by atoms with Gasteiger partial charge in [0, 0.05) is 15.1 Å². The Balaban J connectivity index is 2.08.